The number of hydrogen-bond acceptors (Lipinski definition) is 4. The van der Waals surface area contributed by atoms with E-state index in [0.29, 0.717) is 28.8 Å². The van der Waals surface area contributed by atoms with E-state index < -0.39 is 15.9 Å². The van der Waals surface area contributed by atoms with E-state index in [1.807, 2.05) is 0 Å². The fraction of sp³-hybridized carbons (Fsp3) is 0.350. The van der Waals surface area contributed by atoms with Crippen molar-refractivity contribution < 1.29 is 17.9 Å². The number of amides is 1. The summed E-state index contributed by atoms with van der Waals surface area (Å²) in [6, 6.07) is 8.98. The summed E-state index contributed by atoms with van der Waals surface area (Å²) in [5.41, 5.74) is 0.423. The highest BCUT2D eigenvalue weighted by molar-refractivity contribution is 7.89. The average molecular weight is 457 g/mol. The number of ether oxygens (including phenoxy) is 1. The number of methoxy groups -OCH3 is 1. The Bertz CT molecular complexity index is 1000. The Morgan fingerprint density at radius 3 is 2.38 bits per heavy atom. The molecule has 2 aromatic rings. The van der Waals surface area contributed by atoms with Crippen LogP contribution in [0.5, 0.6) is 5.75 Å². The molecule has 0 saturated carbocycles. The van der Waals surface area contributed by atoms with E-state index in [1.165, 1.54) is 35.7 Å². The number of hydrogen-bond donors (Lipinski definition) is 1. The Kier molecular flexibility index (Phi) is 7.05. The molecule has 6 nitrogen and oxygen atoms in total. The van der Waals surface area contributed by atoms with Crippen LogP contribution in [-0.4, -0.2) is 38.8 Å². The molecule has 1 fully saturated rings. The molecule has 0 unspecified atom stereocenters. The summed E-state index contributed by atoms with van der Waals surface area (Å²) >= 11 is 12.1. The predicted octanol–water partition coefficient (Wildman–Crippen LogP) is 4.82. The van der Waals surface area contributed by atoms with Gasteiger partial charge in [-0.05, 0) is 49.2 Å². The standard InChI is InChI=1S/C20H22Cl2N2O4S/c1-28-19-9-7-15(29(26,27)24-10-4-2-3-5-11-24)13-16(19)20(25)23-18-12-14(21)6-8-17(18)22/h6-9,12-13H,2-5,10-11H2,1H3,(H,23,25). The van der Waals surface area contributed by atoms with Crippen LogP contribution < -0.4 is 10.1 Å². The summed E-state index contributed by atoms with van der Waals surface area (Å²) in [6.45, 7) is 0.960. The van der Waals surface area contributed by atoms with Crippen molar-refractivity contribution in [2.45, 2.75) is 30.6 Å². The highest BCUT2D eigenvalue weighted by Crippen LogP contribution is 2.29. The van der Waals surface area contributed by atoms with Gasteiger partial charge in [-0.3, -0.25) is 4.79 Å². The minimum Gasteiger partial charge on any atom is -0.496 e. The van der Waals surface area contributed by atoms with Crippen LogP contribution in [0.25, 0.3) is 0 Å². The number of anilines is 1. The molecule has 1 saturated heterocycles. The third kappa shape index (κ3) is 5.04. The van der Waals surface area contributed by atoms with Gasteiger partial charge in [0, 0.05) is 18.1 Å². The Morgan fingerprint density at radius 1 is 1.03 bits per heavy atom. The first kappa shape index (κ1) is 21.9. The molecule has 0 atom stereocenters. The highest BCUT2D eigenvalue weighted by atomic mass is 35.5. The Balaban J connectivity index is 1.94. The van der Waals surface area contributed by atoms with Crippen LogP contribution in [0.3, 0.4) is 0 Å². The molecule has 0 spiro atoms. The van der Waals surface area contributed by atoms with Crippen molar-refractivity contribution in [1.82, 2.24) is 4.31 Å². The van der Waals surface area contributed by atoms with Gasteiger partial charge in [0.05, 0.1) is 28.3 Å². The molecule has 156 valence electrons. The molecular formula is C20H22Cl2N2O4S. The molecule has 1 amide bonds. The molecule has 2 aromatic carbocycles. The molecule has 1 N–H and O–H groups in total. The van der Waals surface area contributed by atoms with Crippen LogP contribution in [-0.2, 0) is 10.0 Å². The van der Waals surface area contributed by atoms with Crippen molar-refractivity contribution in [1.29, 1.82) is 0 Å². The lowest BCUT2D eigenvalue weighted by Gasteiger charge is -2.20. The molecule has 1 aliphatic heterocycles. The van der Waals surface area contributed by atoms with Gasteiger partial charge in [0.25, 0.3) is 5.91 Å². The van der Waals surface area contributed by atoms with Crippen molar-refractivity contribution in [3.63, 3.8) is 0 Å². The van der Waals surface area contributed by atoms with Crippen LogP contribution in [0, 0.1) is 0 Å². The molecule has 3 rings (SSSR count). The number of carbonyl (C=O) groups excluding carboxylic acids is 1. The van der Waals surface area contributed by atoms with Crippen molar-refractivity contribution in [2.24, 2.45) is 0 Å². The third-order valence-corrected chi connectivity index (χ3v) is 7.25. The van der Waals surface area contributed by atoms with E-state index in [-0.39, 0.29) is 16.2 Å². The van der Waals surface area contributed by atoms with E-state index >= 15 is 0 Å². The summed E-state index contributed by atoms with van der Waals surface area (Å²) in [5.74, 6) is -0.283. The van der Waals surface area contributed by atoms with Crippen molar-refractivity contribution in [3.05, 3.63) is 52.0 Å². The molecule has 0 aromatic heterocycles. The third-order valence-electron chi connectivity index (χ3n) is 4.79. The van der Waals surface area contributed by atoms with Gasteiger partial charge in [0.1, 0.15) is 5.75 Å². The summed E-state index contributed by atoms with van der Waals surface area (Å²) in [7, 11) is -2.29. The second-order valence-corrected chi connectivity index (χ2v) is 9.54. The molecule has 0 aliphatic carbocycles. The summed E-state index contributed by atoms with van der Waals surface area (Å²) < 4.78 is 32.9. The zero-order valence-electron chi connectivity index (χ0n) is 16.0. The smallest absolute Gasteiger partial charge is 0.259 e. The first-order valence-electron chi connectivity index (χ1n) is 9.27. The maximum Gasteiger partial charge on any atom is 0.259 e. The molecule has 9 heteroatoms. The topological polar surface area (TPSA) is 75.7 Å². The van der Waals surface area contributed by atoms with Gasteiger partial charge in [-0.2, -0.15) is 4.31 Å². The molecule has 0 bridgehead atoms. The Hall–Kier alpha value is -1.80. The zero-order valence-corrected chi connectivity index (χ0v) is 18.3. The van der Waals surface area contributed by atoms with E-state index in [9.17, 15) is 13.2 Å². The monoisotopic (exact) mass is 456 g/mol. The van der Waals surface area contributed by atoms with E-state index in [1.54, 1.807) is 12.1 Å². The normalized spacial score (nSPS) is 15.6. The largest absolute Gasteiger partial charge is 0.496 e. The summed E-state index contributed by atoms with van der Waals surface area (Å²) in [5, 5.41) is 3.39. The van der Waals surface area contributed by atoms with Gasteiger partial charge in [-0.1, -0.05) is 36.0 Å². The van der Waals surface area contributed by atoms with Crippen LogP contribution in [0.4, 0.5) is 5.69 Å². The van der Waals surface area contributed by atoms with Gasteiger partial charge < -0.3 is 10.1 Å². The van der Waals surface area contributed by atoms with E-state index in [0.717, 1.165) is 25.7 Å². The van der Waals surface area contributed by atoms with Gasteiger partial charge >= 0.3 is 0 Å². The molecule has 1 heterocycles. The Morgan fingerprint density at radius 2 is 1.72 bits per heavy atom. The lowest BCUT2D eigenvalue weighted by Crippen LogP contribution is -2.32. The second-order valence-electron chi connectivity index (χ2n) is 6.76. The Labute approximate surface area is 180 Å². The second kappa shape index (κ2) is 9.34. The SMILES string of the molecule is COc1ccc(S(=O)(=O)N2CCCCCC2)cc1C(=O)Nc1cc(Cl)ccc1Cl. The van der Waals surface area contributed by atoms with Crippen molar-refractivity contribution in [2.75, 3.05) is 25.5 Å². The number of sulfonamides is 1. The van der Waals surface area contributed by atoms with Gasteiger partial charge in [-0.15, -0.1) is 0 Å². The molecule has 1 aliphatic rings. The minimum atomic E-state index is -3.70. The quantitative estimate of drug-likeness (QED) is 0.699. The lowest BCUT2D eigenvalue weighted by molar-refractivity contribution is 0.102. The highest BCUT2D eigenvalue weighted by Gasteiger charge is 2.27. The number of rotatable bonds is 5. The van der Waals surface area contributed by atoms with E-state index in [2.05, 4.69) is 5.32 Å². The van der Waals surface area contributed by atoms with Gasteiger partial charge in [0.2, 0.25) is 10.0 Å². The van der Waals surface area contributed by atoms with Crippen LogP contribution >= 0.6 is 23.2 Å². The summed E-state index contributed by atoms with van der Waals surface area (Å²) in [4.78, 5) is 12.9. The summed E-state index contributed by atoms with van der Waals surface area (Å²) in [6.07, 6.45) is 3.69. The van der Waals surface area contributed by atoms with Crippen molar-refractivity contribution in [3.8, 4) is 5.75 Å². The van der Waals surface area contributed by atoms with Crippen LogP contribution in [0.2, 0.25) is 10.0 Å². The van der Waals surface area contributed by atoms with Gasteiger partial charge in [-0.25, -0.2) is 8.42 Å². The molecule has 29 heavy (non-hydrogen) atoms. The van der Waals surface area contributed by atoms with Crippen LogP contribution in [0.15, 0.2) is 41.3 Å². The number of nitrogens with zero attached hydrogens (tertiary/aromatic N) is 1. The lowest BCUT2D eigenvalue weighted by atomic mass is 10.2. The van der Waals surface area contributed by atoms with Gasteiger partial charge in [0.15, 0.2) is 0 Å². The maximum atomic E-state index is 13.1. The minimum absolute atomic E-state index is 0.0579. The van der Waals surface area contributed by atoms with Crippen molar-refractivity contribution >= 4 is 44.8 Å². The average Bonchev–Trinajstić information content (AvgIpc) is 3.00. The number of carbonyl (C=O) groups is 1. The van der Waals surface area contributed by atoms with E-state index in [4.69, 9.17) is 27.9 Å². The number of benzene rings is 2. The first-order chi connectivity index (χ1) is 13.8. The number of nitrogens with one attached hydrogen (secondary N) is 1. The zero-order chi connectivity index (χ0) is 21.0. The molecular weight excluding hydrogens is 435 g/mol. The fourth-order valence-corrected chi connectivity index (χ4v) is 5.12. The number of halogens is 2. The molecule has 0 radical (unpaired) electrons. The van der Waals surface area contributed by atoms with Crippen LogP contribution in [0.1, 0.15) is 36.0 Å². The fourth-order valence-electron chi connectivity index (χ4n) is 3.24. The first-order valence-corrected chi connectivity index (χ1v) is 11.5. The predicted molar refractivity (Wildman–Crippen MR) is 115 cm³/mol. The maximum absolute atomic E-state index is 13.1.